The molecule has 2 N–H and O–H groups in total. The van der Waals surface area contributed by atoms with Crippen LogP contribution in [0.2, 0.25) is 0 Å². The van der Waals surface area contributed by atoms with E-state index in [2.05, 4.69) is 4.99 Å². The van der Waals surface area contributed by atoms with Crippen molar-refractivity contribution in [1.82, 2.24) is 4.90 Å². The zero-order chi connectivity index (χ0) is 12.0. The van der Waals surface area contributed by atoms with Crippen molar-refractivity contribution in [3.63, 3.8) is 0 Å². The van der Waals surface area contributed by atoms with Crippen molar-refractivity contribution in [2.45, 2.75) is 36.5 Å². The number of aliphatic imine (C=N–C) groups is 1. The summed E-state index contributed by atoms with van der Waals surface area (Å²) in [5, 5.41) is 0. The SMILES string of the molecule is CN(C(N)=NCC1(S(C)(=O)=O)CC1)C1CC1. The van der Waals surface area contributed by atoms with Crippen LogP contribution in [-0.2, 0) is 9.84 Å². The lowest BCUT2D eigenvalue weighted by molar-refractivity contribution is 0.486. The van der Waals surface area contributed by atoms with Crippen LogP contribution in [0.3, 0.4) is 0 Å². The molecule has 0 unspecified atom stereocenters. The predicted octanol–water partition coefficient (Wildman–Crippen LogP) is -0.0275. The van der Waals surface area contributed by atoms with Gasteiger partial charge in [0, 0.05) is 19.3 Å². The largest absolute Gasteiger partial charge is 0.370 e. The van der Waals surface area contributed by atoms with Gasteiger partial charge < -0.3 is 10.6 Å². The first kappa shape index (κ1) is 11.7. The highest BCUT2D eigenvalue weighted by atomic mass is 32.2. The Labute approximate surface area is 96.6 Å². The van der Waals surface area contributed by atoms with Gasteiger partial charge in [-0.25, -0.2) is 8.42 Å². The van der Waals surface area contributed by atoms with Crippen LogP contribution in [0.5, 0.6) is 0 Å². The highest BCUT2D eigenvalue weighted by Gasteiger charge is 2.52. The average Bonchev–Trinajstić information content (AvgIpc) is 3.00. The lowest BCUT2D eigenvalue weighted by Gasteiger charge is -2.18. The summed E-state index contributed by atoms with van der Waals surface area (Å²) in [6.07, 6.45) is 5.04. The van der Waals surface area contributed by atoms with Gasteiger partial charge in [0.15, 0.2) is 15.8 Å². The first-order valence-electron chi connectivity index (χ1n) is 5.58. The van der Waals surface area contributed by atoms with E-state index >= 15 is 0 Å². The fraction of sp³-hybridized carbons (Fsp3) is 0.900. The second-order valence-corrected chi connectivity index (χ2v) is 7.38. The third kappa shape index (κ3) is 2.16. The van der Waals surface area contributed by atoms with Crippen molar-refractivity contribution in [3.05, 3.63) is 0 Å². The Bertz CT molecular complexity index is 408. The van der Waals surface area contributed by atoms with E-state index in [1.807, 2.05) is 11.9 Å². The molecule has 0 spiro atoms. The van der Waals surface area contributed by atoms with Gasteiger partial charge in [-0.05, 0) is 25.7 Å². The quantitative estimate of drug-likeness (QED) is 0.557. The van der Waals surface area contributed by atoms with Crippen LogP contribution in [0, 0.1) is 0 Å². The van der Waals surface area contributed by atoms with Crippen molar-refractivity contribution in [2.24, 2.45) is 10.7 Å². The van der Waals surface area contributed by atoms with Gasteiger partial charge in [0.2, 0.25) is 0 Å². The molecule has 2 aliphatic rings. The number of rotatable bonds is 4. The molecule has 2 saturated carbocycles. The van der Waals surface area contributed by atoms with Gasteiger partial charge in [-0.15, -0.1) is 0 Å². The van der Waals surface area contributed by atoms with E-state index in [0.717, 1.165) is 25.7 Å². The van der Waals surface area contributed by atoms with E-state index in [-0.39, 0.29) is 0 Å². The monoisotopic (exact) mass is 245 g/mol. The highest BCUT2D eigenvalue weighted by Crippen LogP contribution is 2.43. The molecule has 2 aliphatic carbocycles. The number of sulfone groups is 1. The normalized spacial score (nSPS) is 24.2. The Morgan fingerprint density at radius 3 is 2.44 bits per heavy atom. The van der Waals surface area contributed by atoms with Crippen LogP contribution in [-0.4, -0.2) is 49.9 Å². The first-order valence-corrected chi connectivity index (χ1v) is 7.47. The summed E-state index contributed by atoms with van der Waals surface area (Å²) in [6.45, 7) is 0.314. The average molecular weight is 245 g/mol. The molecule has 0 saturated heterocycles. The van der Waals surface area contributed by atoms with E-state index in [0.29, 0.717) is 18.5 Å². The molecule has 0 atom stereocenters. The molecule has 2 fully saturated rings. The van der Waals surface area contributed by atoms with E-state index in [1.54, 1.807) is 0 Å². The molecule has 0 bridgehead atoms. The van der Waals surface area contributed by atoms with Crippen LogP contribution >= 0.6 is 0 Å². The van der Waals surface area contributed by atoms with E-state index in [1.165, 1.54) is 6.26 Å². The maximum absolute atomic E-state index is 11.5. The molecule has 16 heavy (non-hydrogen) atoms. The topological polar surface area (TPSA) is 75.8 Å². The van der Waals surface area contributed by atoms with Gasteiger partial charge in [0.05, 0.1) is 11.3 Å². The van der Waals surface area contributed by atoms with E-state index in [4.69, 9.17) is 5.73 Å². The molecule has 0 heterocycles. The molecule has 0 aromatic carbocycles. The maximum Gasteiger partial charge on any atom is 0.191 e. The van der Waals surface area contributed by atoms with Gasteiger partial charge >= 0.3 is 0 Å². The van der Waals surface area contributed by atoms with Crippen LogP contribution in [0.1, 0.15) is 25.7 Å². The third-order valence-corrected chi connectivity index (χ3v) is 5.69. The summed E-state index contributed by atoms with van der Waals surface area (Å²) in [5.41, 5.74) is 5.82. The summed E-state index contributed by atoms with van der Waals surface area (Å²) >= 11 is 0. The molecule has 6 heteroatoms. The van der Waals surface area contributed by atoms with Gasteiger partial charge in [-0.2, -0.15) is 0 Å². The predicted molar refractivity (Wildman–Crippen MR) is 64.1 cm³/mol. The van der Waals surface area contributed by atoms with Gasteiger partial charge in [0.1, 0.15) is 0 Å². The minimum absolute atomic E-state index is 0.314. The maximum atomic E-state index is 11.5. The highest BCUT2D eigenvalue weighted by molar-refractivity contribution is 7.92. The van der Waals surface area contributed by atoms with Gasteiger partial charge in [0.25, 0.3) is 0 Å². The molecule has 5 nitrogen and oxygen atoms in total. The summed E-state index contributed by atoms with van der Waals surface area (Å²) in [4.78, 5) is 6.17. The standard InChI is InChI=1S/C10H19N3O2S/c1-13(8-3-4-8)9(11)12-7-10(5-6-10)16(2,14)15/h8H,3-7H2,1-2H3,(H2,11,12). The molecule has 92 valence electrons. The molecule has 0 amide bonds. The zero-order valence-electron chi connectivity index (χ0n) is 9.81. The van der Waals surface area contributed by atoms with Crippen molar-refractivity contribution in [3.8, 4) is 0 Å². The smallest absolute Gasteiger partial charge is 0.191 e. The van der Waals surface area contributed by atoms with Gasteiger partial charge in [-0.3, -0.25) is 4.99 Å². The molecule has 0 aromatic rings. The van der Waals surface area contributed by atoms with Gasteiger partial charge in [-0.1, -0.05) is 0 Å². The first-order chi connectivity index (χ1) is 7.36. The number of hydrogen-bond donors (Lipinski definition) is 1. The Balaban J connectivity index is 1.98. The number of nitrogens with zero attached hydrogens (tertiary/aromatic N) is 2. The number of hydrogen-bond acceptors (Lipinski definition) is 3. The Kier molecular flexibility index (Phi) is 2.64. The number of guanidine groups is 1. The summed E-state index contributed by atoms with van der Waals surface area (Å²) in [7, 11) is -1.09. The third-order valence-electron chi connectivity index (χ3n) is 3.58. The second kappa shape index (κ2) is 3.61. The summed E-state index contributed by atoms with van der Waals surface area (Å²) < 4.78 is 22.4. The fourth-order valence-electron chi connectivity index (χ4n) is 1.77. The zero-order valence-corrected chi connectivity index (χ0v) is 10.6. The van der Waals surface area contributed by atoms with Crippen LogP contribution < -0.4 is 5.73 Å². The lowest BCUT2D eigenvalue weighted by Crippen LogP contribution is -2.37. The second-order valence-electron chi connectivity index (χ2n) is 4.97. The summed E-state index contributed by atoms with van der Waals surface area (Å²) in [5.74, 6) is 0.470. The Morgan fingerprint density at radius 2 is 2.06 bits per heavy atom. The minimum Gasteiger partial charge on any atom is -0.370 e. The molecule has 0 aliphatic heterocycles. The van der Waals surface area contributed by atoms with Crippen LogP contribution in [0.15, 0.2) is 4.99 Å². The number of nitrogens with two attached hydrogens (primary N) is 1. The summed E-state index contributed by atoms with van der Waals surface area (Å²) in [6, 6.07) is 0.511. The lowest BCUT2D eigenvalue weighted by atomic mass is 10.4. The Morgan fingerprint density at radius 1 is 1.50 bits per heavy atom. The molecule has 0 radical (unpaired) electrons. The molecule has 2 rings (SSSR count). The molecular formula is C10H19N3O2S. The molecule has 0 aromatic heterocycles. The molecular weight excluding hydrogens is 226 g/mol. The van der Waals surface area contributed by atoms with E-state index in [9.17, 15) is 8.42 Å². The fourth-order valence-corrected chi connectivity index (χ4v) is 2.91. The van der Waals surface area contributed by atoms with Crippen LogP contribution in [0.25, 0.3) is 0 Å². The van der Waals surface area contributed by atoms with E-state index < -0.39 is 14.6 Å². The van der Waals surface area contributed by atoms with Crippen molar-refractivity contribution in [2.75, 3.05) is 19.8 Å². The van der Waals surface area contributed by atoms with Crippen LogP contribution in [0.4, 0.5) is 0 Å². The van der Waals surface area contributed by atoms with Crippen molar-refractivity contribution < 1.29 is 8.42 Å². The van der Waals surface area contributed by atoms with Crippen molar-refractivity contribution >= 4 is 15.8 Å². The van der Waals surface area contributed by atoms with Crippen molar-refractivity contribution in [1.29, 1.82) is 0 Å². The Hall–Kier alpha value is -0.780. The minimum atomic E-state index is -3.00.